The van der Waals surface area contributed by atoms with Crippen molar-refractivity contribution in [1.82, 2.24) is 30.1 Å². The third-order valence-corrected chi connectivity index (χ3v) is 6.91. The minimum absolute atomic E-state index is 0.0602. The minimum Gasteiger partial charge on any atom is -0.353 e. The maximum Gasteiger partial charge on any atom is 0.224 e. The van der Waals surface area contributed by atoms with E-state index in [9.17, 15) is 9.18 Å². The van der Waals surface area contributed by atoms with Gasteiger partial charge in [0.25, 0.3) is 0 Å². The third kappa shape index (κ3) is 4.66. The number of pyridine rings is 3. The number of nitrogens with zero attached hydrogens (tertiary/aromatic N) is 4. The molecule has 6 aromatic heterocycles. The molecule has 0 saturated heterocycles. The zero-order valence-corrected chi connectivity index (χ0v) is 21.8. The average molecular weight is 526 g/mol. The van der Waals surface area contributed by atoms with Gasteiger partial charge in [0.15, 0.2) is 5.13 Å². The Morgan fingerprint density at radius 2 is 1.92 bits per heavy atom. The van der Waals surface area contributed by atoms with E-state index in [0.717, 1.165) is 43.9 Å². The van der Waals surface area contributed by atoms with Gasteiger partial charge in [0.05, 0.1) is 39.4 Å². The molecule has 0 fully saturated rings. The molecular weight excluding hydrogens is 501 g/mol. The number of halogens is 1. The maximum atomic E-state index is 13.7. The van der Waals surface area contributed by atoms with E-state index >= 15 is 0 Å². The highest BCUT2D eigenvalue weighted by Gasteiger charge is 2.18. The summed E-state index contributed by atoms with van der Waals surface area (Å²) in [7, 11) is 0. The van der Waals surface area contributed by atoms with Crippen molar-refractivity contribution in [1.29, 1.82) is 0 Å². The molecular formula is C28H24FN7OS. The second-order valence-corrected chi connectivity index (χ2v) is 11.4. The molecule has 6 rings (SSSR count). The first kappa shape index (κ1) is 23.9. The topological polar surface area (TPSA) is 112 Å². The summed E-state index contributed by atoms with van der Waals surface area (Å²) in [5.74, 6) is -0.0602. The van der Waals surface area contributed by atoms with Crippen LogP contribution in [0.2, 0.25) is 0 Å². The number of nitrogens with one attached hydrogen (secondary N) is 3. The Hall–Kier alpha value is -4.44. The highest BCUT2D eigenvalue weighted by atomic mass is 32.1. The van der Waals surface area contributed by atoms with Crippen LogP contribution < -0.4 is 5.32 Å². The predicted molar refractivity (Wildman–Crippen MR) is 148 cm³/mol. The van der Waals surface area contributed by atoms with Crippen LogP contribution in [0.5, 0.6) is 0 Å². The molecule has 0 aliphatic rings. The fourth-order valence-corrected chi connectivity index (χ4v) is 5.14. The van der Waals surface area contributed by atoms with Gasteiger partial charge in [-0.05, 0) is 47.9 Å². The van der Waals surface area contributed by atoms with Gasteiger partial charge in [0.2, 0.25) is 5.91 Å². The molecule has 0 aliphatic heterocycles. The van der Waals surface area contributed by atoms with Crippen molar-refractivity contribution in [2.45, 2.75) is 27.2 Å². The van der Waals surface area contributed by atoms with Gasteiger partial charge in [-0.2, -0.15) is 9.49 Å². The molecule has 10 heteroatoms. The van der Waals surface area contributed by atoms with Crippen LogP contribution in [-0.4, -0.2) is 36.0 Å². The minimum atomic E-state index is -0.253. The Bertz CT molecular complexity index is 1810. The van der Waals surface area contributed by atoms with E-state index in [4.69, 9.17) is 4.98 Å². The predicted octanol–water partition coefficient (Wildman–Crippen LogP) is 6.81. The number of hydrogen-bond acceptors (Lipinski definition) is 6. The SMILES string of the molecule is CC(C)(C)CC(=O)Nc1cncc(-c2ccc3[nH]nc(-c4cc5c(-c6ccc(F)s6)nccc5[nH]4)c3n2)c1. The summed E-state index contributed by atoms with van der Waals surface area (Å²) in [6.45, 7) is 6.07. The van der Waals surface area contributed by atoms with Gasteiger partial charge >= 0.3 is 0 Å². The largest absolute Gasteiger partial charge is 0.353 e. The van der Waals surface area contributed by atoms with Gasteiger partial charge in [-0.1, -0.05) is 20.8 Å². The molecule has 0 saturated carbocycles. The van der Waals surface area contributed by atoms with Gasteiger partial charge in [0, 0.05) is 35.3 Å². The van der Waals surface area contributed by atoms with Crippen molar-refractivity contribution >= 4 is 44.9 Å². The van der Waals surface area contributed by atoms with Crippen LogP contribution in [0.15, 0.2) is 61.1 Å². The molecule has 190 valence electrons. The van der Waals surface area contributed by atoms with E-state index in [-0.39, 0.29) is 16.5 Å². The lowest BCUT2D eigenvalue weighted by molar-refractivity contribution is -0.117. The zero-order chi connectivity index (χ0) is 26.4. The van der Waals surface area contributed by atoms with Crippen LogP contribution in [0.25, 0.3) is 55.2 Å². The smallest absolute Gasteiger partial charge is 0.224 e. The maximum absolute atomic E-state index is 13.7. The molecule has 8 nitrogen and oxygen atoms in total. The van der Waals surface area contributed by atoms with Crippen LogP contribution in [0.3, 0.4) is 0 Å². The number of fused-ring (bicyclic) bond motifs is 2. The van der Waals surface area contributed by atoms with Crippen molar-refractivity contribution in [3.05, 3.63) is 66.2 Å². The Morgan fingerprint density at radius 3 is 2.71 bits per heavy atom. The van der Waals surface area contributed by atoms with E-state index in [1.54, 1.807) is 24.7 Å². The van der Waals surface area contributed by atoms with Crippen molar-refractivity contribution in [3.8, 4) is 33.2 Å². The van der Waals surface area contributed by atoms with Gasteiger partial charge in [0.1, 0.15) is 11.2 Å². The number of carbonyl (C=O) groups excluding carboxylic acids is 1. The van der Waals surface area contributed by atoms with Crippen LogP contribution in [0.1, 0.15) is 27.2 Å². The molecule has 0 spiro atoms. The first-order chi connectivity index (χ1) is 18.2. The monoisotopic (exact) mass is 525 g/mol. The Labute approximate surface area is 221 Å². The third-order valence-electron chi connectivity index (χ3n) is 6.03. The molecule has 0 bridgehead atoms. The van der Waals surface area contributed by atoms with Gasteiger partial charge in [-0.15, -0.1) is 11.3 Å². The molecule has 1 amide bonds. The number of thiophene rings is 1. The highest BCUT2D eigenvalue weighted by molar-refractivity contribution is 7.13. The summed E-state index contributed by atoms with van der Waals surface area (Å²) in [5.41, 5.74) is 6.45. The fourth-order valence-electron chi connectivity index (χ4n) is 4.40. The lowest BCUT2D eigenvalue weighted by atomic mass is 9.92. The number of rotatable bonds is 5. The highest BCUT2D eigenvalue weighted by Crippen LogP contribution is 2.35. The first-order valence-electron chi connectivity index (χ1n) is 12.1. The number of H-pyrrole nitrogens is 2. The number of aromatic nitrogens is 6. The Morgan fingerprint density at radius 1 is 1.05 bits per heavy atom. The summed E-state index contributed by atoms with van der Waals surface area (Å²) in [4.78, 5) is 30.3. The number of carbonyl (C=O) groups is 1. The average Bonchev–Trinajstić information content (AvgIpc) is 3.60. The summed E-state index contributed by atoms with van der Waals surface area (Å²) >= 11 is 1.06. The molecule has 0 atom stereocenters. The van der Waals surface area contributed by atoms with E-state index in [1.165, 1.54) is 6.07 Å². The quantitative estimate of drug-likeness (QED) is 0.229. The van der Waals surface area contributed by atoms with E-state index < -0.39 is 0 Å². The molecule has 38 heavy (non-hydrogen) atoms. The number of aromatic amines is 2. The molecule has 3 N–H and O–H groups in total. The van der Waals surface area contributed by atoms with Crippen molar-refractivity contribution < 1.29 is 9.18 Å². The van der Waals surface area contributed by atoms with Crippen molar-refractivity contribution in [2.24, 2.45) is 5.41 Å². The van der Waals surface area contributed by atoms with E-state index in [2.05, 4.69) is 30.5 Å². The van der Waals surface area contributed by atoms with Crippen LogP contribution >= 0.6 is 11.3 Å². The Kier molecular flexibility index (Phi) is 5.76. The van der Waals surface area contributed by atoms with Crippen molar-refractivity contribution in [3.63, 3.8) is 0 Å². The normalized spacial score (nSPS) is 11.9. The number of anilines is 1. The summed E-state index contributed by atoms with van der Waals surface area (Å²) in [6, 6.07) is 12.7. The lowest BCUT2D eigenvalue weighted by Crippen LogP contribution is -2.19. The number of hydrogen-bond donors (Lipinski definition) is 3. The van der Waals surface area contributed by atoms with Crippen LogP contribution in [-0.2, 0) is 4.79 Å². The summed E-state index contributed by atoms with van der Waals surface area (Å²) in [5, 5.41) is 11.1. The first-order valence-corrected chi connectivity index (χ1v) is 12.9. The lowest BCUT2D eigenvalue weighted by Gasteiger charge is -2.17. The number of amides is 1. The molecule has 0 unspecified atom stereocenters. The summed E-state index contributed by atoms with van der Waals surface area (Å²) < 4.78 is 13.7. The second-order valence-electron chi connectivity index (χ2n) is 10.3. The molecule has 0 radical (unpaired) electrons. The molecule has 0 aliphatic carbocycles. The van der Waals surface area contributed by atoms with Gasteiger partial charge in [-0.25, -0.2) is 4.98 Å². The van der Waals surface area contributed by atoms with Gasteiger partial charge in [-0.3, -0.25) is 19.9 Å². The molecule has 6 aromatic rings. The molecule has 6 heterocycles. The second kappa shape index (κ2) is 9.14. The van der Waals surface area contributed by atoms with Crippen LogP contribution in [0, 0.1) is 10.5 Å². The standard InChI is InChI=1S/C28H24FN7OS/c1-28(2,3)12-24(37)32-16-10-15(13-30-14-16)18-4-5-20-26(34-18)27(36-35-20)21-11-17-19(33-21)8-9-31-25(17)22-6-7-23(29)38-22/h4-11,13-14,33H,12H2,1-3H3,(H,32,37)(H,35,36). The van der Waals surface area contributed by atoms with Gasteiger partial charge < -0.3 is 10.3 Å². The van der Waals surface area contributed by atoms with Crippen LogP contribution in [0.4, 0.5) is 10.1 Å². The van der Waals surface area contributed by atoms with E-state index in [0.29, 0.717) is 34.7 Å². The summed E-state index contributed by atoms with van der Waals surface area (Å²) in [6.07, 6.45) is 5.45. The fraction of sp³-hybridized carbons (Fsp3) is 0.179. The van der Waals surface area contributed by atoms with Crippen molar-refractivity contribution in [2.75, 3.05) is 5.32 Å². The van der Waals surface area contributed by atoms with E-state index in [1.807, 2.05) is 51.1 Å². The molecule has 0 aromatic carbocycles. The zero-order valence-electron chi connectivity index (χ0n) is 21.0. The Balaban J connectivity index is 1.36.